The molecule has 0 fully saturated rings. The summed E-state index contributed by atoms with van der Waals surface area (Å²) in [5.74, 6) is -0.779. The van der Waals surface area contributed by atoms with E-state index in [1.807, 2.05) is 6.92 Å². The van der Waals surface area contributed by atoms with Gasteiger partial charge in [-0.25, -0.2) is 0 Å². The molecule has 0 aromatic rings. The van der Waals surface area contributed by atoms with Crippen molar-refractivity contribution >= 4 is 5.97 Å². The van der Waals surface area contributed by atoms with Crippen LogP contribution in [0.25, 0.3) is 0 Å². The molecule has 0 heterocycles. The molecule has 2 atom stereocenters. The summed E-state index contributed by atoms with van der Waals surface area (Å²) >= 11 is 0. The predicted molar refractivity (Wildman–Crippen MR) is 49.2 cm³/mol. The van der Waals surface area contributed by atoms with Gasteiger partial charge in [0.05, 0.1) is 0 Å². The number of rotatable bonds is 6. The van der Waals surface area contributed by atoms with Crippen LogP contribution in [0.2, 0.25) is 0 Å². The molecule has 0 aliphatic carbocycles. The van der Waals surface area contributed by atoms with Gasteiger partial charge in [0.15, 0.2) is 0 Å². The van der Waals surface area contributed by atoms with E-state index in [-0.39, 0.29) is 0 Å². The van der Waals surface area contributed by atoms with E-state index in [1.54, 1.807) is 6.92 Å². The lowest BCUT2D eigenvalue weighted by atomic mass is 10.1. The molecular weight excluding hydrogens is 154 g/mol. The summed E-state index contributed by atoms with van der Waals surface area (Å²) in [6.07, 6.45) is 3.36. The number of carboxylic acid groups (broad SMARTS) is 1. The minimum absolute atomic E-state index is 0.302. The maximum absolute atomic E-state index is 10.4. The molecule has 0 saturated carbocycles. The Balaban J connectivity index is 3.53. The quantitative estimate of drug-likeness (QED) is 0.641. The highest BCUT2D eigenvalue weighted by Crippen LogP contribution is 2.00. The van der Waals surface area contributed by atoms with Gasteiger partial charge in [-0.2, -0.15) is 0 Å². The van der Waals surface area contributed by atoms with Crippen LogP contribution in [0, 0.1) is 0 Å². The van der Waals surface area contributed by atoms with Gasteiger partial charge in [-0.1, -0.05) is 19.8 Å². The zero-order valence-electron chi connectivity index (χ0n) is 8.13. The standard InChI is InChI=1S/C9H19NO2/c1-4-5-6-7(2)10-8(3)9(11)12/h7-8,10H,4-6H2,1-3H3,(H,11,12). The largest absolute Gasteiger partial charge is 0.480 e. The van der Waals surface area contributed by atoms with Gasteiger partial charge >= 0.3 is 5.97 Å². The normalized spacial score (nSPS) is 15.6. The average molecular weight is 173 g/mol. The second-order valence-electron chi connectivity index (χ2n) is 3.27. The summed E-state index contributed by atoms with van der Waals surface area (Å²) in [7, 11) is 0. The molecule has 0 bridgehead atoms. The summed E-state index contributed by atoms with van der Waals surface area (Å²) in [5.41, 5.74) is 0. The molecule has 72 valence electrons. The minimum Gasteiger partial charge on any atom is -0.480 e. The van der Waals surface area contributed by atoms with E-state index < -0.39 is 12.0 Å². The van der Waals surface area contributed by atoms with Crippen molar-refractivity contribution in [2.45, 2.75) is 52.1 Å². The maximum atomic E-state index is 10.4. The Labute approximate surface area is 74.2 Å². The van der Waals surface area contributed by atoms with Crippen molar-refractivity contribution in [1.82, 2.24) is 5.32 Å². The molecule has 0 aliphatic rings. The van der Waals surface area contributed by atoms with Crippen LogP contribution < -0.4 is 5.32 Å². The second kappa shape index (κ2) is 6.00. The van der Waals surface area contributed by atoms with Crippen molar-refractivity contribution in [2.75, 3.05) is 0 Å². The third kappa shape index (κ3) is 5.13. The van der Waals surface area contributed by atoms with Crippen LogP contribution >= 0.6 is 0 Å². The van der Waals surface area contributed by atoms with Gasteiger partial charge in [0, 0.05) is 6.04 Å². The first-order chi connectivity index (χ1) is 5.57. The van der Waals surface area contributed by atoms with Gasteiger partial charge in [-0.15, -0.1) is 0 Å². The Morgan fingerprint density at radius 2 is 2.08 bits per heavy atom. The van der Waals surface area contributed by atoms with Crippen LogP contribution in [0.4, 0.5) is 0 Å². The summed E-state index contributed by atoms with van der Waals surface area (Å²) in [6, 6.07) is -0.132. The first-order valence-corrected chi connectivity index (χ1v) is 4.56. The first-order valence-electron chi connectivity index (χ1n) is 4.56. The number of aliphatic carboxylic acids is 1. The zero-order valence-corrected chi connectivity index (χ0v) is 8.13. The summed E-state index contributed by atoms with van der Waals surface area (Å²) in [5, 5.41) is 11.6. The van der Waals surface area contributed by atoms with Crippen LogP contribution in [0.15, 0.2) is 0 Å². The molecule has 2 N–H and O–H groups in total. The van der Waals surface area contributed by atoms with Gasteiger partial charge in [-0.3, -0.25) is 4.79 Å². The van der Waals surface area contributed by atoms with E-state index in [4.69, 9.17) is 5.11 Å². The minimum atomic E-state index is -0.779. The Bertz CT molecular complexity index is 136. The van der Waals surface area contributed by atoms with Gasteiger partial charge in [0.2, 0.25) is 0 Å². The smallest absolute Gasteiger partial charge is 0.320 e. The Hall–Kier alpha value is -0.570. The average Bonchev–Trinajstić information content (AvgIpc) is 2.00. The molecule has 0 aliphatic heterocycles. The van der Waals surface area contributed by atoms with Crippen molar-refractivity contribution in [2.24, 2.45) is 0 Å². The van der Waals surface area contributed by atoms with Crippen molar-refractivity contribution in [3.05, 3.63) is 0 Å². The van der Waals surface area contributed by atoms with Crippen LogP contribution in [0.5, 0.6) is 0 Å². The van der Waals surface area contributed by atoms with Gasteiger partial charge < -0.3 is 10.4 Å². The maximum Gasteiger partial charge on any atom is 0.320 e. The molecule has 0 amide bonds. The Morgan fingerprint density at radius 3 is 2.50 bits per heavy atom. The molecule has 0 rings (SSSR count). The molecular formula is C9H19NO2. The van der Waals surface area contributed by atoms with Crippen LogP contribution in [0.1, 0.15) is 40.0 Å². The van der Waals surface area contributed by atoms with E-state index in [9.17, 15) is 4.79 Å². The van der Waals surface area contributed by atoms with Crippen molar-refractivity contribution in [3.63, 3.8) is 0 Å². The lowest BCUT2D eigenvalue weighted by Crippen LogP contribution is -2.39. The number of hydrogen-bond acceptors (Lipinski definition) is 2. The van der Waals surface area contributed by atoms with Gasteiger partial charge in [0.25, 0.3) is 0 Å². The van der Waals surface area contributed by atoms with Crippen molar-refractivity contribution in [3.8, 4) is 0 Å². The molecule has 2 unspecified atom stereocenters. The highest BCUT2D eigenvalue weighted by Gasteiger charge is 2.12. The third-order valence-electron chi connectivity index (χ3n) is 1.90. The molecule has 0 aromatic carbocycles. The number of carbonyl (C=O) groups is 1. The number of unbranched alkanes of at least 4 members (excludes halogenated alkanes) is 1. The van der Waals surface area contributed by atoms with E-state index in [0.29, 0.717) is 6.04 Å². The van der Waals surface area contributed by atoms with E-state index in [0.717, 1.165) is 19.3 Å². The molecule has 3 heteroatoms. The van der Waals surface area contributed by atoms with Crippen LogP contribution in [0.3, 0.4) is 0 Å². The van der Waals surface area contributed by atoms with E-state index in [1.165, 1.54) is 0 Å². The molecule has 0 aromatic heterocycles. The highest BCUT2D eigenvalue weighted by molar-refractivity contribution is 5.72. The topological polar surface area (TPSA) is 49.3 Å². The van der Waals surface area contributed by atoms with Crippen LogP contribution in [-0.2, 0) is 4.79 Å². The molecule has 0 spiro atoms. The number of nitrogens with one attached hydrogen (secondary N) is 1. The fourth-order valence-corrected chi connectivity index (χ4v) is 1.09. The molecule has 12 heavy (non-hydrogen) atoms. The lowest BCUT2D eigenvalue weighted by Gasteiger charge is -2.16. The molecule has 0 saturated heterocycles. The zero-order chi connectivity index (χ0) is 9.56. The Kier molecular flexibility index (Phi) is 5.72. The highest BCUT2D eigenvalue weighted by atomic mass is 16.4. The lowest BCUT2D eigenvalue weighted by molar-refractivity contribution is -0.139. The summed E-state index contributed by atoms with van der Waals surface area (Å²) < 4.78 is 0. The fraction of sp³-hybridized carbons (Fsp3) is 0.889. The summed E-state index contributed by atoms with van der Waals surface area (Å²) in [6.45, 7) is 5.83. The monoisotopic (exact) mass is 173 g/mol. The first kappa shape index (κ1) is 11.4. The van der Waals surface area contributed by atoms with E-state index in [2.05, 4.69) is 12.2 Å². The summed E-state index contributed by atoms with van der Waals surface area (Å²) in [4.78, 5) is 10.4. The van der Waals surface area contributed by atoms with Gasteiger partial charge in [0.1, 0.15) is 6.04 Å². The van der Waals surface area contributed by atoms with Crippen molar-refractivity contribution in [1.29, 1.82) is 0 Å². The fourth-order valence-electron chi connectivity index (χ4n) is 1.09. The molecule has 0 radical (unpaired) electrons. The van der Waals surface area contributed by atoms with Crippen molar-refractivity contribution < 1.29 is 9.90 Å². The number of carboxylic acids is 1. The van der Waals surface area contributed by atoms with E-state index >= 15 is 0 Å². The number of hydrogen-bond donors (Lipinski definition) is 2. The van der Waals surface area contributed by atoms with Crippen LogP contribution in [-0.4, -0.2) is 23.2 Å². The van der Waals surface area contributed by atoms with Gasteiger partial charge in [-0.05, 0) is 20.3 Å². The predicted octanol–water partition coefficient (Wildman–Crippen LogP) is 1.63. The SMILES string of the molecule is CCCCC(C)NC(C)C(=O)O. The molecule has 3 nitrogen and oxygen atoms in total. The Morgan fingerprint density at radius 1 is 1.50 bits per heavy atom. The second-order valence-corrected chi connectivity index (χ2v) is 3.27. The third-order valence-corrected chi connectivity index (χ3v) is 1.90.